The van der Waals surface area contributed by atoms with Crippen LogP contribution >= 0.6 is 0 Å². The van der Waals surface area contributed by atoms with E-state index in [0.29, 0.717) is 5.04 Å². The molecular weight excluding hydrogens is 212 g/mol. The molecule has 96 valence electrons. The van der Waals surface area contributed by atoms with E-state index in [1.165, 1.54) is 24.8 Å². The molecule has 0 aromatic rings. The van der Waals surface area contributed by atoms with Crippen molar-refractivity contribution >= 4 is 8.32 Å². The van der Waals surface area contributed by atoms with Gasteiger partial charge in [-0.15, -0.1) is 0 Å². The zero-order chi connectivity index (χ0) is 12.8. The van der Waals surface area contributed by atoms with Crippen LogP contribution in [-0.2, 0) is 4.43 Å². The van der Waals surface area contributed by atoms with Gasteiger partial charge in [-0.05, 0) is 31.5 Å². The van der Waals surface area contributed by atoms with Gasteiger partial charge in [-0.25, -0.2) is 0 Å². The Labute approximate surface area is 103 Å². The minimum absolute atomic E-state index is 0.316. The van der Waals surface area contributed by atoms with Crippen LogP contribution in [0, 0.1) is 0 Å². The van der Waals surface area contributed by atoms with E-state index in [1.54, 1.807) is 0 Å². The van der Waals surface area contributed by atoms with Crippen LogP contribution < -0.4 is 0 Å². The number of allylic oxidation sites excluding steroid dienone is 1. The summed E-state index contributed by atoms with van der Waals surface area (Å²) < 4.78 is 6.16. The first-order chi connectivity index (χ1) is 7.20. The van der Waals surface area contributed by atoms with Gasteiger partial charge in [-0.3, -0.25) is 0 Å². The second-order valence-corrected chi connectivity index (χ2v) is 11.1. The van der Waals surface area contributed by atoms with Crippen molar-refractivity contribution in [2.75, 3.05) is 6.61 Å². The van der Waals surface area contributed by atoms with Crippen LogP contribution in [0.1, 0.15) is 53.9 Å². The predicted octanol–water partition coefficient (Wildman–Crippen LogP) is 5.14. The summed E-state index contributed by atoms with van der Waals surface area (Å²) in [6.07, 6.45) is 6.09. The van der Waals surface area contributed by atoms with E-state index in [2.05, 4.69) is 53.8 Å². The fraction of sp³-hybridized carbons (Fsp3) is 0.857. The number of hydrogen-bond donors (Lipinski definition) is 0. The molecule has 0 amide bonds. The van der Waals surface area contributed by atoms with Gasteiger partial charge in [0.25, 0.3) is 0 Å². The predicted molar refractivity (Wildman–Crippen MR) is 76.4 cm³/mol. The highest BCUT2D eigenvalue weighted by Gasteiger charge is 2.36. The maximum Gasteiger partial charge on any atom is 0.192 e. The average molecular weight is 242 g/mol. The lowest BCUT2D eigenvalue weighted by molar-refractivity contribution is 0.318. The molecule has 0 aromatic heterocycles. The maximum absolute atomic E-state index is 6.16. The number of hydrogen-bond acceptors (Lipinski definition) is 1. The van der Waals surface area contributed by atoms with Crippen LogP contribution in [0.4, 0.5) is 0 Å². The SMILES string of the molecule is CCCC/C=C(\C)CO[Si](C)(C)C(C)(C)C. The van der Waals surface area contributed by atoms with Gasteiger partial charge in [-0.1, -0.05) is 52.2 Å². The van der Waals surface area contributed by atoms with E-state index in [4.69, 9.17) is 4.43 Å². The van der Waals surface area contributed by atoms with Gasteiger partial charge >= 0.3 is 0 Å². The summed E-state index contributed by atoms with van der Waals surface area (Å²) in [5.41, 5.74) is 1.39. The van der Waals surface area contributed by atoms with Gasteiger partial charge in [0.15, 0.2) is 8.32 Å². The van der Waals surface area contributed by atoms with Crippen molar-refractivity contribution in [1.29, 1.82) is 0 Å². The Bertz CT molecular complexity index is 223. The average Bonchev–Trinajstić information content (AvgIpc) is 2.13. The molecule has 0 saturated carbocycles. The van der Waals surface area contributed by atoms with Crippen LogP contribution in [0.3, 0.4) is 0 Å². The molecule has 0 bridgehead atoms. The second kappa shape index (κ2) is 6.60. The molecule has 0 N–H and O–H groups in total. The lowest BCUT2D eigenvalue weighted by atomic mass is 10.2. The normalized spacial score (nSPS) is 14.3. The molecule has 0 aliphatic heterocycles. The van der Waals surface area contributed by atoms with Crippen molar-refractivity contribution in [3.8, 4) is 0 Å². The summed E-state index contributed by atoms with van der Waals surface area (Å²) in [4.78, 5) is 0. The summed E-state index contributed by atoms with van der Waals surface area (Å²) in [5, 5.41) is 0.316. The zero-order valence-corrected chi connectivity index (χ0v) is 13.3. The highest BCUT2D eigenvalue weighted by molar-refractivity contribution is 6.74. The fourth-order valence-electron chi connectivity index (χ4n) is 1.12. The molecule has 0 aromatic carbocycles. The minimum Gasteiger partial charge on any atom is -0.413 e. The summed E-state index contributed by atoms with van der Waals surface area (Å²) >= 11 is 0. The lowest BCUT2D eigenvalue weighted by Gasteiger charge is -2.36. The topological polar surface area (TPSA) is 9.23 Å². The number of unbranched alkanes of at least 4 members (excludes halogenated alkanes) is 2. The molecular formula is C14H30OSi. The quantitative estimate of drug-likeness (QED) is 0.356. The van der Waals surface area contributed by atoms with Crippen LogP contribution in [0.25, 0.3) is 0 Å². The first kappa shape index (κ1) is 15.9. The Morgan fingerprint density at radius 2 is 1.81 bits per heavy atom. The Morgan fingerprint density at radius 3 is 2.25 bits per heavy atom. The standard InChI is InChI=1S/C14H30OSi/c1-8-9-10-11-13(2)12-15-16(6,7)14(3,4)5/h11H,8-10,12H2,1-7H3/b13-11+. The summed E-state index contributed by atoms with van der Waals surface area (Å²) in [6.45, 7) is 16.7. The van der Waals surface area contributed by atoms with Gasteiger partial charge < -0.3 is 4.43 Å². The first-order valence-corrected chi connectivity index (χ1v) is 9.41. The molecule has 16 heavy (non-hydrogen) atoms. The van der Waals surface area contributed by atoms with E-state index in [9.17, 15) is 0 Å². The molecule has 0 radical (unpaired) electrons. The molecule has 0 heterocycles. The molecule has 0 spiro atoms. The first-order valence-electron chi connectivity index (χ1n) is 6.50. The van der Waals surface area contributed by atoms with Crippen LogP contribution in [0.5, 0.6) is 0 Å². The molecule has 1 nitrogen and oxygen atoms in total. The zero-order valence-electron chi connectivity index (χ0n) is 12.3. The van der Waals surface area contributed by atoms with Crippen LogP contribution in [-0.4, -0.2) is 14.9 Å². The van der Waals surface area contributed by atoms with Crippen molar-refractivity contribution in [1.82, 2.24) is 0 Å². The smallest absolute Gasteiger partial charge is 0.192 e. The summed E-state index contributed by atoms with van der Waals surface area (Å²) in [5.74, 6) is 0. The van der Waals surface area contributed by atoms with Crippen LogP contribution in [0.15, 0.2) is 11.6 Å². The molecule has 0 unspecified atom stereocenters. The van der Waals surface area contributed by atoms with E-state index in [0.717, 1.165) is 6.61 Å². The Balaban J connectivity index is 4.09. The van der Waals surface area contributed by atoms with Crippen molar-refractivity contribution in [3.63, 3.8) is 0 Å². The summed E-state index contributed by atoms with van der Waals surface area (Å²) in [6, 6.07) is 0. The van der Waals surface area contributed by atoms with E-state index < -0.39 is 8.32 Å². The molecule has 2 heteroatoms. The largest absolute Gasteiger partial charge is 0.413 e. The van der Waals surface area contributed by atoms with Gasteiger partial charge in [-0.2, -0.15) is 0 Å². The Hall–Kier alpha value is -0.0831. The van der Waals surface area contributed by atoms with E-state index >= 15 is 0 Å². The molecule has 0 fully saturated rings. The second-order valence-electron chi connectivity index (χ2n) is 6.24. The third-order valence-corrected chi connectivity index (χ3v) is 8.00. The molecule has 0 aliphatic carbocycles. The minimum atomic E-state index is -1.56. The molecule has 0 saturated heterocycles. The lowest BCUT2D eigenvalue weighted by Crippen LogP contribution is -2.41. The third-order valence-electron chi connectivity index (χ3n) is 3.52. The molecule has 0 aliphatic rings. The molecule has 0 rings (SSSR count). The number of rotatable bonds is 6. The van der Waals surface area contributed by atoms with Crippen molar-refractivity contribution < 1.29 is 4.43 Å². The third kappa shape index (κ3) is 5.85. The fourth-order valence-corrected chi connectivity index (χ4v) is 2.14. The van der Waals surface area contributed by atoms with Crippen molar-refractivity contribution in [3.05, 3.63) is 11.6 Å². The maximum atomic E-state index is 6.16. The van der Waals surface area contributed by atoms with E-state index in [-0.39, 0.29) is 0 Å². The van der Waals surface area contributed by atoms with Gasteiger partial charge in [0.1, 0.15) is 0 Å². The van der Waals surface area contributed by atoms with Crippen LogP contribution in [0.2, 0.25) is 18.1 Å². The van der Waals surface area contributed by atoms with Crippen molar-refractivity contribution in [2.45, 2.75) is 72.0 Å². The monoisotopic (exact) mass is 242 g/mol. The Kier molecular flexibility index (Phi) is 6.57. The Morgan fingerprint density at radius 1 is 1.25 bits per heavy atom. The van der Waals surface area contributed by atoms with Gasteiger partial charge in [0.05, 0.1) is 6.61 Å². The van der Waals surface area contributed by atoms with Gasteiger partial charge in [0, 0.05) is 0 Å². The van der Waals surface area contributed by atoms with Crippen molar-refractivity contribution in [2.24, 2.45) is 0 Å². The van der Waals surface area contributed by atoms with Gasteiger partial charge in [0.2, 0.25) is 0 Å². The summed E-state index contributed by atoms with van der Waals surface area (Å²) in [7, 11) is -1.56. The van der Waals surface area contributed by atoms with E-state index in [1.807, 2.05) is 0 Å². The molecule has 0 atom stereocenters. The highest BCUT2D eigenvalue weighted by atomic mass is 28.4. The highest BCUT2D eigenvalue weighted by Crippen LogP contribution is 2.36.